The van der Waals surface area contributed by atoms with Crippen LogP contribution in [0.4, 0.5) is 0 Å². The number of aryl methyl sites for hydroxylation is 2. The maximum Gasteiger partial charge on any atom is 0.296 e. The Morgan fingerprint density at radius 1 is 0.531 bits per heavy atom. The van der Waals surface area contributed by atoms with Crippen molar-refractivity contribution in [3.63, 3.8) is 0 Å². The Hall–Kier alpha value is -1.82. The van der Waals surface area contributed by atoms with Crippen molar-refractivity contribution in [1.29, 1.82) is 0 Å². The Balaban J connectivity index is 1.47. The molecule has 0 saturated carbocycles. The number of hydrogen-bond acceptors (Lipinski definition) is 8. The van der Waals surface area contributed by atoms with Crippen LogP contribution in [0.1, 0.15) is 24.0 Å². The van der Waals surface area contributed by atoms with Crippen LogP contribution < -0.4 is 0 Å². The molecule has 0 amide bonds. The monoisotopic (exact) mass is 486 g/mol. The molecule has 2 aromatic rings. The highest BCUT2D eigenvalue weighted by molar-refractivity contribution is 7.87. The average Bonchev–Trinajstić information content (AvgIpc) is 2.75. The van der Waals surface area contributed by atoms with Gasteiger partial charge in [-0.3, -0.25) is 8.37 Å². The summed E-state index contributed by atoms with van der Waals surface area (Å²) < 4.78 is 68.8. The highest BCUT2D eigenvalue weighted by atomic mass is 32.2. The summed E-state index contributed by atoms with van der Waals surface area (Å²) >= 11 is 0. The van der Waals surface area contributed by atoms with Crippen LogP contribution in [-0.2, 0) is 38.1 Å². The Kier molecular flexibility index (Phi) is 10.8. The molecule has 0 aromatic heterocycles. The highest BCUT2D eigenvalue weighted by Crippen LogP contribution is 2.14. The van der Waals surface area contributed by atoms with Crippen LogP contribution in [0, 0.1) is 13.8 Å². The van der Waals surface area contributed by atoms with Crippen LogP contribution in [0.3, 0.4) is 0 Å². The van der Waals surface area contributed by atoms with Gasteiger partial charge in [-0.05, 0) is 51.0 Å². The topological polar surface area (TPSA) is 105 Å². The molecule has 2 rings (SSSR count). The van der Waals surface area contributed by atoms with Crippen LogP contribution in [0.25, 0.3) is 0 Å². The van der Waals surface area contributed by atoms with E-state index in [1.165, 1.54) is 24.3 Å². The van der Waals surface area contributed by atoms with Crippen molar-refractivity contribution < 1.29 is 34.7 Å². The molecule has 8 nitrogen and oxygen atoms in total. The molecule has 178 valence electrons. The van der Waals surface area contributed by atoms with Crippen molar-refractivity contribution in [1.82, 2.24) is 0 Å². The maximum absolute atomic E-state index is 12.0. The summed E-state index contributed by atoms with van der Waals surface area (Å²) in [5.74, 6) is 0. The molecule has 32 heavy (non-hydrogen) atoms. The van der Waals surface area contributed by atoms with E-state index in [0.29, 0.717) is 39.3 Å². The molecule has 0 N–H and O–H groups in total. The quantitative estimate of drug-likeness (QED) is 0.279. The van der Waals surface area contributed by atoms with Crippen molar-refractivity contribution in [3.8, 4) is 0 Å². The summed E-state index contributed by atoms with van der Waals surface area (Å²) in [6.45, 7) is 5.18. The zero-order valence-electron chi connectivity index (χ0n) is 18.4. The lowest BCUT2D eigenvalue weighted by Gasteiger charge is -2.08. The molecule has 0 aliphatic rings. The molecule has 0 radical (unpaired) electrons. The minimum Gasteiger partial charge on any atom is -0.379 e. The molecule has 2 aromatic carbocycles. The van der Waals surface area contributed by atoms with Crippen molar-refractivity contribution in [3.05, 3.63) is 59.7 Å². The Morgan fingerprint density at radius 2 is 0.875 bits per heavy atom. The van der Waals surface area contributed by atoms with Crippen molar-refractivity contribution in [2.24, 2.45) is 0 Å². The number of benzene rings is 2. The number of ether oxygens (including phenoxy) is 2. The molecule has 0 spiro atoms. The third-order valence-corrected chi connectivity index (χ3v) is 6.99. The van der Waals surface area contributed by atoms with Gasteiger partial charge in [-0.25, -0.2) is 0 Å². The van der Waals surface area contributed by atoms with Crippen LogP contribution in [0.15, 0.2) is 58.3 Å². The third kappa shape index (κ3) is 9.35. The summed E-state index contributed by atoms with van der Waals surface area (Å²) in [4.78, 5) is 0.265. The summed E-state index contributed by atoms with van der Waals surface area (Å²) in [5, 5.41) is 0. The van der Waals surface area contributed by atoms with E-state index in [9.17, 15) is 16.8 Å². The lowest BCUT2D eigenvalue weighted by atomic mass is 10.2. The van der Waals surface area contributed by atoms with Gasteiger partial charge < -0.3 is 9.47 Å². The van der Waals surface area contributed by atoms with E-state index < -0.39 is 20.2 Å². The first-order valence-electron chi connectivity index (χ1n) is 10.3. The standard InChI is InChI=1S/C22H30O8S2/c1-19-5-9-21(10-6-19)31(23,24)29-15-3-13-27-17-18-28-14-4-16-30-32(25,26)22-11-7-20(2)8-12-22/h5-12H,3-4,13-18H2,1-2H3. The molecular weight excluding hydrogens is 456 g/mol. The molecule has 0 heterocycles. The van der Waals surface area contributed by atoms with Gasteiger partial charge in [0.25, 0.3) is 20.2 Å². The zero-order valence-corrected chi connectivity index (χ0v) is 20.0. The van der Waals surface area contributed by atoms with Crippen LogP contribution in [-0.4, -0.2) is 56.5 Å². The second-order valence-electron chi connectivity index (χ2n) is 7.11. The highest BCUT2D eigenvalue weighted by Gasteiger charge is 2.15. The van der Waals surface area contributed by atoms with Gasteiger partial charge in [0.1, 0.15) is 0 Å². The fourth-order valence-electron chi connectivity index (χ4n) is 2.53. The summed E-state index contributed by atoms with van der Waals surface area (Å²) in [5.41, 5.74) is 1.94. The van der Waals surface area contributed by atoms with E-state index in [1.54, 1.807) is 24.3 Å². The molecule has 0 saturated heterocycles. The normalized spacial score (nSPS) is 12.2. The predicted molar refractivity (Wildman–Crippen MR) is 120 cm³/mol. The number of hydrogen-bond donors (Lipinski definition) is 0. The first-order valence-corrected chi connectivity index (χ1v) is 13.1. The van der Waals surface area contributed by atoms with Crippen LogP contribution in [0.5, 0.6) is 0 Å². The zero-order chi connectivity index (χ0) is 23.5. The van der Waals surface area contributed by atoms with Gasteiger partial charge >= 0.3 is 0 Å². The summed E-state index contributed by atoms with van der Waals surface area (Å²) in [6.07, 6.45) is 0.853. The van der Waals surface area contributed by atoms with Gasteiger partial charge in [-0.2, -0.15) is 16.8 Å². The van der Waals surface area contributed by atoms with Gasteiger partial charge in [0, 0.05) is 13.2 Å². The largest absolute Gasteiger partial charge is 0.379 e. The summed E-state index contributed by atoms with van der Waals surface area (Å²) in [6, 6.07) is 12.9. The van der Waals surface area contributed by atoms with E-state index in [0.717, 1.165) is 11.1 Å². The predicted octanol–water partition coefficient (Wildman–Crippen LogP) is 3.23. The van der Waals surface area contributed by atoms with Crippen molar-refractivity contribution in [2.45, 2.75) is 36.5 Å². The lowest BCUT2D eigenvalue weighted by Crippen LogP contribution is -2.12. The minimum absolute atomic E-state index is 0.0316. The Morgan fingerprint density at radius 3 is 1.22 bits per heavy atom. The van der Waals surface area contributed by atoms with Crippen LogP contribution in [0.2, 0.25) is 0 Å². The average molecular weight is 487 g/mol. The molecule has 0 bridgehead atoms. The third-order valence-electron chi connectivity index (χ3n) is 4.33. The molecule has 0 fully saturated rings. The first kappa shape index (κ1) is 26.4. The van der Waals surface area contributed by atoms with E-state index in [-0.39, 0.29) is 23.0 Å². The van der Waals surface area contributed by atoms with Gasteiger partial charge in [0.15, 0.2) is 0 Å². The van der Waals surface area contributed by atoms with E-state index in [2.05, 4.69) is 0 Å². The second kappa shape index (κ2) is 13.0. The molecular formula is C22H30O8S2. The van der Waals surface area contributed by atoms with Gasteiger partial charge in [-0.15, -0.1) is 0 Å². The Bertz CT molecular complexity index is 929. The second-order valence-corrected chi connectivity index (χ2v) is 10.3. The lowest BCUT2D eigenvalue weighted by molar-refractivity contribution is 0.0401. The number of rotatable bonds is 15. The first-order chi connectivity index (χ1) is 15.2. The Labute approximate surface area is 190 Å². The SMILES string of the molecule is Cc1ccc(S(=O)(=O)OCCCOCCOCCCOS(=O)(=O)c2ccc(C)cc2)cc1. The van der Waals surface area contributed by atoms with Gasteiger partial charge in [0.2, 0.25) is 0 Å². The minimum atomic E-state index is -3.75. The van der Waals surface area contributed by atoms with Crippen molar-refractivity contribution >= 4 is 20.2 Å². The van der Waals surface area contributed by atoms with Crippen LogP contribution >= 0.6 is 0 Å². The van der Waals surface area contributed by atoms with E-state index >= 15 is 0 Å². The van der Waals surface area contributed by atoms with E-state index in [4.69, 9.17) is 17.8 Å². The fraction of sp³-hybridized carbons (Fsp3) is 0.455. The van der Waals surface area contributed by atoms with Gasteiger partial charge in [-0.1, -0.05) is 35.4 Å². The molecule has 10 heteroatoms. The fourth-order valence-corrected chi connectivity index (χ4v) is 4.41. The maximum atomic E-state index is 12.0. The smallest absolute Gasteiger partial charge is 0.296 e. The molecule has 0 aliphatic heterocycles. The summed E-state index contributed by atoms with van der Waals surface area (Å²) in [7, 11) is -7.51. The van der Waals surface area contributed by atoms with E-state index in [1.807, 2.05) is 13.8 Å². The van der Waals surface area contributed by atoms with Crippen molar-refractivity contribution in [2.75, 3.05) is 39.6 Å². The molecule has 0 aliphatic carbocycles. The molecule has 0 atom stereocenters. The molecule has 0 unspecified atom stereocenters. The van der Waals surface area contributed by atoms with Gasteiger partial charge in [0.05, 0.1) is 36.2 Å².